The van der Waals surface area contributed by atoms with Crippen molar-refractivity contribution in [3.05, 3.63) is 0 Å². The molecule has 1 aliphatic heterocycles. The first-order valence-electron chi connectivity index (χ1n) is 3.04. The molecule has 2 radical (unpaired) electrons. The molecule has 11 heteroatoms. The van der Waals surface area contributed by atoms with Crippen molar-refractivity contribution in [1.29, 1.82) is 0 Å². The number of imide groups is 1. The zero-order valence-electron chi connectivity index (χ0n) is 8.08. The number of halogens is 6. The number of nitrogens with one attached hydrogen (secondary N) is 1. The Morgan fingerprint density at radius 2 is 1.00 bits per heavy atom. The van der Waals surface area contributed by atoms with Crippen LogP contribution in [0.25, 0.3) is 0 Å². The summed E-state index contributed by atoms with van der Waals surface area (Å²) in [6, 6.07) is 0. The average molecular weight is 267 g/mol. The van der Waals surface area contributed by atoms with E-state index in [1.807, 2.05) is 0 Å². The number of piperidine rings is 1. The van der Waals surface area contributed by atoms with Crippen LogP contribution in [0.1, 0.15) is 0 Å². The van der Waals surface area contributed by atoms with Crippen LogP contribution in [0.4, 0.5) is 26.3 Å². The van der Waals surface area contributed by atoms with Crippen LogP contribution in [0.15, 0.2) is 0 Å². The van der Waals surface area contributed by atoms with Gasteiger partial charge in [0.15, 0.2) is 0 Å². The Hall–Kier alpha value is 0.720. The zero-order chi connectivity index (χ0) is 11.4. The predicted molar refractivity (Wildman–Crippen MR) is 39.5 cm³/mol. The standard InChI is InChI=1S/C5HF6NO2.2Na/c6-3(7)1(13)12-2(14)4(8,9)5(3,10)11;;/h(H,12,13,14);;. The minimum Gasteiger partial charge on any atom is -0.285 e. The first-order valence-corrected chi connectivity index (χ1v) is 3.04. The van der Waals surface area contributed by atoms with Gasteiger partial charge in [-0.25, -0.2) is 0 Å². The number of hydrogen-bond acceptors (Lipinski definition) is 2. The fraction of sp³-hybridized carbons (Fsp3) is 0.600. The first kappa shape index (κ1) is 19.1. The molecular formula is C5HF6NNa2O2. The van der Waals surface area contributed by atoms with E-state index in [0.717, 1.165) is 0 Å². The summed E-state index contributed by atoms with van der Waals surface area (Å²) in [5.74, 6) is -22.7. The molecule has 3 nitrogen and oxygen atoms in total. The van der Waals surface area contributed by atoms with Gasteiger partial charge in [0.1, 0.15) is 0 Å². The summed E-state index contributed by atoms with van der Waals surface area (Å²) in [6.07, 6.45) is 0. The Balaban J connectivity index is 0. The monoisotopic (exact) mass is 267 g/mol. The van der Waals surface area contributed by atoms with Crippen molar-refractivity contribution < 1.29 is 35.9 Å². The molecule has 16 heavy (non-hydrogen) atoms. The molecule has 0 unspecified atom stereocenters. The molecule has 0 aromatic carbocycles. The van der Waals surface area contributed by atoms with Crippen LogP contribution in [0.2, 0.25) is 0 Å². The quantitative estimate of drug-likeness (QED) is 0.375. The van der Waals surface area contributed by atoms with Gasteiger partial charge < -0.3 is 0 Å². The van der Waals surface area contributed by atoms with Crippen molar-refractivity contribution in [2.24, 2.45) is 0 Å². The Bertz CT molecular complexity index is 292. The van der Waals surface area contributed by atoms with E-state index in [-0.39, 0.29) is 59.1 Å². The van der Waals surface area contributed by atoms with E-state index in [0.29, 0.717) is 5.32 Å². The van der Waals surface area contributed by atoms with Crippen LogP contribution < -0.4 is 5.32 Å². The molecule has 0 aliphatic carbocycles. The van der Waals surface area contributed by atoms with E-state index in [1.165, 1.54) is 0 Å². The molecule has 0 bridgehead atoms. The van der Waals surface area contributed by atoms with Crippen LogP contribution in [-0.4, -0.2) is 88.7 Å². The fourth-order valence-electron chi connectivity index (χ4n) is 0.742. The SMILES string of the molecule is O=C1NC(=O)C(F)(F)C(F)(F)C1(F)F.[Na].[Na]. The van der Waals surface area contributed by atoms with Gasteiger partial charge in [0.25, 0.3) is 0 Å². The van der Waals surface area contributed by atoms with Gasteiger partial charge in [0.05, 0.1) is 0 Å². The number of alkyl halides is 6. The van der Waals surface area contributed by atoms with Crippen LogP contribution in [0.3, 0.4) is 0 Å². The number of carbonyl (C=O) groups is 2. The molecule has 1 N–H and O–H groups in total. The predicted octanol–water partition coefficient (Wildman–Crippen LogP) is -0.213. The van der Waals surface area contributed by atoms with Crippen LogP contribution in [-0.2, 0) is 9.59 Å². The Labute approximate surface area is 129 Å². The van der Waals surface area contributed by atoms with Gasteiger partial charge in [-0.1, -0.05) is 0 Å². The average Bonchev–Trinajstić information content (AvgIpc) is 2.01. The van der Waals surface area contributed by atoms with Gasteiger partial charge in [0, 0.05) is 59.1 Å². The minimum atomic E-state index is -6.01. The fourth-order valence-corrected chi connectivity index (χ4v) is 0.742. The third-order valence-electron chi connectivity index (χ3n) is 1.59. The molecule has 0 saturated carbocycles. The summed E-state index contributed by atoms with van der Waals surface area (Å²) in [5, 5.41) is 0.458. The summed E-state index contributed by atoms with van der Waals surface area (Å²) in [7, 11) is 0. The van der Waals surface area contributed by atoms with E-state index in [9.17, 15) is 35.9 Å². The molecule has 1 rings (SSSR count). The second-order valence-corrected chi connectivity index (χ2v) is 2.51. The molecule has 1 heterocycles. The molecule has 1 aliphatic rings. The van der Waals surface area contributed by atoms with Crippen molar-refractivity contribution in [3.8, 4) is 0 Å². The topological polar surface area (TPSA) is 46.2 Å². The maximum absolute atomic E-state index is 12.3. The van der Waals surface area contributed by atoms with Crippen LogP contribution in [0.5, 0.6) is 0 Å². The normalized spacial score (nSPS) is 24.9. The van der Waals surface area contributed by atoms with Gasteiger partial charge >= 0.3 is 29.6 Å². The number of rotatable bonds is 0. The molecule has 2 amide bonds. The summed E-state index contributed by atoms with van der Waals surface area (Å²) in [4.78, 5) is 20.3. The molecular weight excluding hydrogens is 266 g/mol. The van der Waals surface area contributed by atoms with Crippen molar-refractivity contribution in [2.75, 3.05) is 0 Å². The van der Waals surface area contributed by atoms with E-state index in [1.54, 1.807) is 0 Å². The van der Waals surface area contributed by atoms with E-state index < -0.39 is 29.6 Å². The summed E-state index contributed by atoms with van der Waals surface area (Å²) < 4.78 is 73.6. The van der Waals surface area contributed by atoms with Gasteiger partial charge in [-0.15, -0.1) is 0 Å². The molecule has 1 fully saturated rings. The van der Waals surface area contributed by atoms with Crippen molar-refractivity contribution in [3.63, 3.8) is 0 Å². The number of hydrogen-bond donors (Lipinski definition) is 1. The second kappa shape index (κ2) is 5.15. The van der Waals surface area contributed by atoms with E-state index in [4.69, 9.17) is 0 Å². The summed E-state index contributed by atoms with van der Waals surface area (Å²) in [5.41, 5.74) is 0. The van der Waals surface area contributed by atoms with Crippen LogP contribution >= 0.6 is 0 Å². The molecule has 0 aromatic heterocycles. The number of amides is 2. The Morgan fingerprint density at radius 3 is 1.25 bits per heavy atom. The maximum Gasteiger partial charge on any atom is 0.393 e. The van der Waals surface area contributed by atoms with Gasteiger partial charge in [-0.3, -0.25) is 14.9 Å². The van der Waals surface area contributed by atoms with Crippen molar-refractivity contribution in [1.82, 2.24) is 5.32 Å². The Kier molecular flexibility index (Phi) is 6.14. The maximum atomic E-state index is 12.3. The zero-order valence-corrected chi connectivity index (χ0v) is 12.1. The smallest absolute Gasteiger partial charge is 0.285 e. The van der Waals surface area contributed by atoms with Gasteiger partial charge in [0.2, 0.25) is 0 Å². The van der Waals surface area contributed by atoms with Gasteiger partial charge in [-0.2, -0.15) is 26.3 Å². The first-order chi connectivity index (χ1) is 6.05. The third kappa shape index (κ3) is 2.30. The number of carbonyl (C=O) groups excluding carboxylic acids is 2. The van der Waals surface area contributed by atoms with Gasteiger partial charge in [-0.05, 0) is 0 Å². The van der Waals surface area contributed by atoms with Crippen molar-refractivity contribution >= 4 is 70.9 Å². The largest absolute Gasteiger partial charge is 0.393 e. The molecule has 1 saturated heterocycles. The van der Waals surface area contributed by atoms with Crippen molar-refractivity contribution in [2.45, 2.75) is 17.8 Å². The molecule has 0 aromatic rings. The minimum absolute atomic E-state index is 0. The second-order valence-electron chi connectivity index (χ2n) is 2.51. The summed E-state index contributed by atoms with van der Waals surface area (Å²) in [6.45, 7) is 0. The molecule has 0 atom stereocenters. The van der Waals surface area contributed by atoms with Crippen LogP contribution in [0, 0.1) is 0 Å². The Morgan fingerprint density at radius 1 is 0.750 bits per heavy atom. The molecule has 0 spiro atoms. The summed E-state index contributed by atoms with van der Waals surface area (Å²) >= 11 is 0. The third-order valence-corrected chi connectivity index (χ3v) is 1.59. The van der Waals surface area contributed by atoms with E-state index in [2.05, 4.69) is 0 Å². The van der Waals surface area contributed by atoms with E-state index >= 15 is 0 Å². The molecule has 82 valence electrons.